The Morgan fingerprint density at radius 1 is 1.06 bits per heavy atom. The van der Waals surface area contributed by atoms with Crippen LogP contribution < -0.4 is 11.2 Å². The molecule has 3 N–H and O–H groups in total. The zero-order valence-electron chi connectivity index (χ0n) is 11.5. The van der Waals surface area contributed by atoms with E-state index >= 15 is 0 Å². The number of hydrogen-bond acceptors (Lipinski definition) is 3. The minimum Gasteiger partial charge on any atom is -0.317 e. The molecule has 0 aromatic rings. The van der Waals surface area contributed by atoms with Gasteiger partial charge < -0.3 is 5.73 Å². The third kappa shape index (κ3) is 7.20. The first-order valence-electron chi connectivity index (χ1n) is 7.00. The van der Waals surface area contributed by atoms with Gasteiger partial charge in [0.05, 0.1) is 6.67 Å². The molecule has 0 rings (SSSR count). The van der Waals surface area contributed by atoms with Crippen LogP contribution in [0.3, 0.4) is 0 Å². The zero-order valence-corrected chi connectivity index (χ0v) is 11.5. The van der Waals surface area contributed by atoms with Gasteiger partial charge in [-0.1, -0.05) is 46.5 Å². The van der Waals surface area contributed by atoms with E-state index in [1.165, 1.54) is 44.9 Å². The van der Waals surface area contributed by atoms with Crippen molar-refractivity contribution in [3.63, 3.8) is 0 Å². The molecule has 0 saturated heterocycles. The van der Waals surface area contributed by atoms with Crippen molar-refractivity contribution in [2.45, 2.75) is 71.8 Å². The fraction of sp³-hybridized carbons (Fsp3) is 1.00. The van der Waals surface area contributed by atoms with E-state index in [4.69, 9.17) is 5.73 Å². The lowest BCUT2D eigenvalue weighted by Crippen LogP contribution is -2.48. The van der Waals surface area contributed by atoms with Gasteiger partial charge in [-0.25, -0.2) is 10.4 Å². The molecule has 0 aliphatic rings. The summed E-state index contributed by atoms with van der Waals surface area (Å²) >= 11 is 0. The van der Waals surface area contributed by atoms with E-state index in [1.807, 2.05) is 0 Å². The summed E-state index contributed by atoms with van der Waals surface area (Å²) in [6.45, 7) is 8.39. The molecular formula is C13H31N3. The normalized spacial score (nSPS) is 13.3. The minimum atomic E-state index is 0.547. The van der Waals surface area contributed by atoms with Crippen LogP contribution in [0.4, 0.5) is 0 Å². The Hall–Kier alpha value is -0.120. The Morgan fingerprint density at radius 2 is 1.81 bits per heavy atom. The van der Waals surface area contributed by atoms with Gasteiger partial charge in [-0.15, -0.1) is 0 Å². The molecule has 98 valence electrons. The highest BCUT2D eigenvalue weighted by Crippen LogP contribution is 2.12. The van der Waals surface area contributed by atoms with Gasteiger partial charge in [0, 0.05) is 12.6 Å². The Morgan fingerprint density at radius 3 is 2.31 bits per heavy atom. The minimum absolute atomic E-state index is 0.547. The maximum absolute atomic E-state index is 5.58. The number of rotatable bonds is 11. The highest BCUT2D eigenvalue weighted by molar-refractivity contribution is 4.67. The number of hydrogen-bond donors (Lipinski definition) is 2. The first-order valence-corrected chi connectivity index (χ1v) is 7.00. The van der Waals surface area contributed by atoms with E-state index in [-0.39, 0.29) is 0 Å². The number of nitrogens with one attached hydrogen (secondary N) is 1. The van der Waals surface area contributed by atoms with E-state index in [0.29, 0.717) is 12.7 Å². The van der Waals surface area contributed by atoms with Crippen LogP contribution in [0.2, 0.25) is 0 Å². The summed E-state index contributed by atoms with van der Waals surface area (Å²) in [5.41, 5.74) is 8.86. The quantitative estimate of drug-likeness (QED) is 0.325. The van der Waals surface area contributed by atoms with Crippen molar-refractivity contribution in [3.05, 3.63) is 0 Å². The van der Waals surface area contributed by atoms with Crippen LogP contribution in [0, 0.1) is 0 Å². The Bertz CT molecular complexity index is 133. The van der Waals surface area contributed by atoms with Crippen molar-refractivity contribution in [2.75, 3.05) is 13.2 Å². The molecule has 0 spiro atoms. The van der Waals surface area contributed by atoms with E-state index < -0.39 is 0 Å². The molecule has 0 radical (unpaired) electrons. The Labute approximate surface area is 102 Å². The summed E-state index contributed by atoms with van der Waals surface area (Å²) in [7, 11) is 0. The summed E-state index contributed by atoms with van der Waals surface area (Å²) in [6.07, 6.45) is 9.08. The third-order valence-corrected chi connectivity index (χ3v) is 3.06. The Kier molecular flexibility index (Phi) is 11.3. The largest absolute Gasteiger partial charge is 0.317 e. The predicted molar refractivity (Wildman–Crippen MR) is 72.0 cm³/mol. The summed E-state index contributed by atoms with van der Waals surface area (Å²) in [4.78, 5) is 0. The summed E-state index contributed by atoms with van der Waals surface area (Å²) in [5, 5.41) is 2.34. The summed E-state index contributed by atoms with van der Waals surface area (Å²) in [5.74, 6) is 0. The highest BCUT2D eigenvalue weighted by atomic mass is 15.5. The first kappa shape index (κ1) is 15.9. The number of nitrogens with two attached hydrogens (primary N) is 1. The average Bonchev–Trinajstić information content (AvgIpc) is 2.29. The van der Waals surface area contributed by atoms with E-state index in [9.17, 15) is 0 Å². The summed E-state index contributed by atoms with van der Waals surface area (Å²) < 4.78 is 0. The molecule has 0 heterocycles. The van der Waals surface area contributed by atoms with Crippen LogP contribution in [0.5, 0.6) is 0 Å². The van der Waals surface area contributed by atoms with Crippen molar-refractivity contribution in [1.82, 2.24) is 10.4 Å². The van der Waals surface area contributed by atoms with Crippen molar-refractivity contribution in [1.29, 1.82) is 0 Å². The van der Waals surface area contributed by atoms with Crippen LogP contribution in [0.25, 0.3) is 0 Å². The van der Waals surface area contributed by atoms with Gasteiger partial charge in [-0.05, 0) is 19.3 Å². The van der Waals surface area contributed by atoms with Gasteiger partial charge in [0.1, 0.15) is 0 Å². The molecule has 0 amide bonds. The molecule has 0 aliphatic carbocycles. The van der Waals surface area contributed by atoms with Gasteiger partial charge in [0.25, 0.3) is 0 Å². The van der Waals surface area contributed by atoms with Crippen molar-refractivity contribution < 1.29 is 0 Å². The smallest absolute Gasteiger partial charge is 0.0567 e. The van der Waals surface area contributed by atoms with Crippen molar-refractivity contribution in [3.8, 4) is 0 Å². The number of hydrazine groups is 1. The van der Waals surface area contributed by atoms with Gasteiger partial charge in [0.15, 0.2) is 0 Å². The number of nitrogens with zero attached hydrogens (tertiary/aromatic N) is 1. The van der Waals surface area contributed by atoms with Crippen LogP contribution >= 0.6 is 0 Å². The molecule has 3 heteroatoms. The standard InChI is InChI=1S/C13H31N3/c1-4-7-8-9-10-13(6-3)16(11-5-2)15-12-14/h13,15H,4-12,14H2,1-3H3. The molecule has 0 bridgehead atoms. The van der Waals surface area contributed by atoms with Crippen molar-refractivity contribution in [2.24, 2.45) is 5.73 Å². The molecule has 1 atom stereocenters. The molecular weight excluding hydrogens is 198 g/mol. The predicted octanol–water partition coefficient (Wildman–Crippen LogP) is 2.87. The topological polar surface area (TPSA) is 41.3 Å². The van der Waals surface area contributed by atoms with Crippen LogP contribution in [-0.2, 0) is 0 Å². The SMILES string of the molecule is CCCCCCC(CC)N(CCC)NCN. The molecule has 1 unspecified atom stereocenters. The van der Waals surface area contributed by atoms with Gasteiger partial charge in [-0.2, -0.15) is 0 Å². The van der Waals surface area contributed by atoms with Crippen molar-refractivity contribution >= 4 is 0 Å². The molecule has 0 fully saturated rings. The average molecular weight is 229 g/mol. The molecule has 0 aliphatic heterocycles. The zero-order chi connectivity index (χ0) is 12.2. The maximum atomic E-state index is 5.58. The van der Waals surface area contributed by atoms with E-state index in [2.05, 4.69) is 31.2 Å². The summed E-state index contributed by atoms with van der Waals surface area (Å²) in [6, 6.07) is 0.653. The van der Waals surface area contributed by atoms with E-state index in [0.717, 1.165) is 6.54 Å². The maximum Gasteiger partial charge on any atom is 0.0567 e. The Balaban J connectivity index is 3.89. The fourth-order valence-corrected chi connectivity index (χ4v) is 2.14. The van der Waals surface area contributed by atoms with Crippen LogP contribution in [-0.4, -0.2) is 24.3 Å². The molecule has 16 heavy (non-hydrogen) atoms. The lowest BCUT2D eigenvalue weighted by atomic mass is 10.0. The van der Waals surface area contributed by atoms with Gasteiger partial charge >= 0.3 is 0 Å². The lowest BCUT2D eigenvalue weighted by Gasteiger charge is -2.31. The first-order chi connectivity index (χ1) is 7.79. The fourth-order valence-electron chi connectivity index (χ4n) is 2.14. The second-order valence-corrected chi connectivity index (χ2v) is 4.47. The van der Waals surface area contributed by atoms with Gasteiger partial charge in [0.2, 0.25) is 0 Å². The molecule has 3 nitrogen and oxygen atoms in total. The second-order valence-electron chi connectivity index (χ2n) is 4.47. The highest BCUT2D eigenvalue weighted by Gasteiger charge is 2.14. The molecule has 0 aromatic heterocycles. The second kappa shape index (κ2) is 11.4. The third-order valence-electron chi connectivity index (χ3n) is 3.06. The molecule has 0 saturated carbocycles. The monoisotopic (exact) mass is 229 g/mol. The lowest BCUT2D eigenvalue weighted by molar-refractivity contribution is 0.112. The van der Waals surface area contributed by atoms with Gasteiger partial charge in [-0.3, -0.25) is 0 Å². The van der Waals surface area contributed by atoms with Crippen LogP contribution in [0.1, 0.15) is 65.7 Å². The molecule has 0 aromatic carbocycles. The van der Waals surface area contributed by atoms with Crippen LogP contribution in [0.15, 0.2) is 0 Å². The number of unbranched alkanes of at least 4 members (excludes halogenated alkanes) is 3. The van der Waals surface area contributed by atoms with E-state index in [1.54, 1.807) is 0 Å².